The van der Waals surface area contributed by atoms with Crippen molar-refractivity contribution in [3.63, 3.8) is 0 Å². The van der Waals surface area contributed by atoms with Gasteiger partial charge in [-0.25, -0.2) is 4.98 Å². The molecule has 0 saturated heterocycles. The Morgan fingerprint density at radius 3 is 3.06 bits per heavy atom. The molecule has 1 heterocycles. The number of carbonyl (C=O) groups is 1. The van der Waals surface area contributed by atoms with E-state index in [1.165, 1.54) is 6.20 Å². The van der Waals surface area contributed by atoms with Crippen LogP contribution in [0.3, 0.4) is 0 Å². The molecule has 0 aliphatic rings. The molecule has 1 amide bonds. The Bertz CT molecular complexity index is 396. The standard InChI is InChI=1S/C12H15ClN2O2/c1-3-6-15(7-8-17-2)12(16)10-4-5-14-11(13)9-10/h3-5,9H,1,6-8H2,2H3. The van der Waals surface area contributed by atoms with Crippen molar-refractivity contribution in [2.24, 2.45) is 0 Å². The number of amides is 1. The molecular weight excluding hydrogens is 240 g/mol. The predicted molar refractivity (Wildman–Crippen MR) is 67.2 cm³/mol. The maximum Gasteiger partial charge on any atom is 0.254 e. The van der Waals surface area contributed by atoms with Gasteiger partial charge in [-0.3, -0.25) is 4.79 Å². The first-order valence-electron chi connectivity index (χ1n) is 5.19. The van der Waals surface area contributed by atoms with Gasteiger partial charge in [0, 0.05) is 32.0 Å². The van der Waals surface area contributed by atoms with Crippen LogP contribution in [0.5, 0.6) is 0 Å². The van der Waals surface area contributed by atoms with Crippen LogP contribution >= 0.6 is 11.6 Å². The van der Waals surface area contributed by atoms with Crippen LogP contribution in [0.4, 0.5) is 0 Å². The van der Waals surface area contributed by atoms with Crippen LogP contribution in [-0.4, -0.2) is 42.6 Å². The maximum atomic E-state index is 12.1. The van der Waals surface area contributed by atoms with Gasteiger partial charge < -0.3 is 9.64 Å². The smallest absolute Gasteiger partial charge is 0.254 e. The van der Waals surface area contributed by atoms with Crippen LogP contribution in [0, 0.1) is 0 Å². The molecule has 0 aliphatic heterocycles. The van der Waals surface area contributed by atoms with Gasteiger partial charge in [0.15, 0.2) is 0 Å². The van der Waals surface area contributed by atoms with Crippen molar-refractivity contribution in [2.75, 3.05) is 26.8 Å². The molecule has 0 fully saturated rings. The van der Waals surface area contributed by atoms with E-state index in [2.05, 4.69) is 11.6 Å². The summed E-state index contributed by atoms with van der Waals surface area (Å²) >= 11 is 5.75. The predicted octanol–water partition coefficient (Wildman–Crippen LogP) is 2.01. The first-order valence-corrected chi connectivity index (χ1v) is 5.57. The van der Waals surface area contributed by atoms with E-state index in [9.17, 15) is 4.79 Å². The highest BCUT2D eigenvalue weighted by Gasteiger charge is 2.14. The zero-order valence-electron chi connectivity index (χ0n) is 9.73. The molecule has 1 aromatic heterocycles. The van der Waals surface area contributed by atoms with Gasteiger partial charge in [0.25, 0.3) is 5.91 Å². The fourth-order valence-corrected chi connectivity index (χ4v) is 1.53. The van der Waals surface area contributed by atoms with Crippen LogP contribution in [0.25, 0.3) is 0 Å². The third-order valence-corrected chi connectivity index (χ3v) is 2.38. The van der Waals surface area contributed by atoms with Crippen LogP contribution in [-0.2, 0) is 4.74 Å². The third kappa shape index (κ3) is 4.17. The van der Waals surface area contributed by atoms with E-state index in [1.54, 1.807) is 30.2 Å². The zero-order chi connectivity index (χ0) is 12.7. The fourth-order valence-electron chi connectivity index (χ4n) is 1.35. The molecule has 0 N–H and O–H groups in total. The summed E-state index contributed by atoms with van der Waals surface area (Å²) in [6.07, 6.45) is 3.19. The van der Waals surface area contributed by atoms with Gasteiger partial charge in [0.05, 0.1) is 6.61 Å². The second-order valence-electron chi connectivity index (χ2n) is 3.40. The van der Waals surface area contributed by atoms with E-state index >= 15 is 0 Å². The molecule has 0 bridgehead atoms. The quantitative estimate of drug-likeness (QED) is 0.576. The number of carbonyl (C=O) groups excluding carboxylic acids is 1. The molecular formula is C12H15ClN2O2. The van der Waals surface area contributed by atoms with Gasteiger partial charge in [-0.2, -0.15) is 0 Å². The van der Waals surface area contributed by atoms with Crippen molar-refractivity contribution in [3.05, 3.63) is 41.7 Å². The van der Waals surface area contributed by atoms with Crippen LogP contribution in [0.15, 0.2) is 31.0 Å². The molecule has 92 valence electrons. The molecule has 0 saturated carbocycles. The number of pyridine rings is 1. The first kappa shape index (κ1) is 13.7. The Balaban J connectivity index is 2.79. The first-order chi connectivity index (χ1) is 8.19. The van der Waals surface area contributed by atoms with E-state index < -0.39 is 0 Å². The van der Waals surface area contributed by atoms with Crippen molar-refractivity contribution in [2.45, 2.75) is 0 Å². The van der Waals surface area contributed by atoms with Crippen LogP contribution in [0.1, 0.15) is 10.4 Å². The minimum Gasteiger partial charge on any atom is -0.383 e. The maximum absolute atomic E-state index is 12.1. The van der Waals surface area contributed by atoms with Crippen molar-refractivity contribution in [1.29, 1.82) is 0 Å². The second-order valence-corrected chi connectivity index (χ2v) is 3.79. The van der Waals surface area contributed by atoms with Crippen molar-refractivity contribution < 1.29 is 9.53 Å². The molecule has 17 heavy (non-hydrogen) atoms. The van der Waals surface area contributed by atoms with Gasteiger partial charge in [-0.1, -0.05) is 17.7 Å². The van der Waals surface area contributed by atoms with Gasteiger partial charge in [-0.05, 0) is 12.1 Å². The molecule has 4 nitrogen and oxygen atoms in total. The van der Waals surface area contributed by atoms with Gasteiger partial charge in [0.1, 0.15) is 5.15 Å². The van der Waals surface area contributed by atoms with E-state index in [-0.39, 0.29) is 5.91 Å². The summed E-state index contributed by atoms with van der Waals surface area (Å²) < 4.78 is 4.96. The second kappa shape index (κ2) is 7.04. The number of methoxy groups -OCH3 is 1. The van der Waals surface area contributed by atoms with Gasteiger partial charge in [0.2, 0.25) is 0 Å². The van der Waals surface area contributed by atoms with Crippen LogP contribution < -0.4 is 0 Å². The number of rotatable bonds is 6. The molecule has 1 rings (SSSR count). The van der Waals surface area contributed by atoms with E-state index in [4.69, 9.17) is 16.3 Å². The zero-order valence-corrected chi connectivity index (χ0v) is 10.5. The van der Waals surface area contributed by atoms with Gasteiger partial charge >= 0.3 is 0 Å². The Kier molecular flexibility index (Phi) is 5.66. The fraction of sp³-hybridized carbons (Fsp3) is 0.333. The number of hydrogen-bond donors (Lipinski definition) is 0. The molecule has 0 aliphatic carbocycles. The number of nitrogens with zero attached hydrogens (tertiary/aromatic N) is 2. The lowest BCUT2D eigenvalue weighted by Crippen LogP contribution is -2.34. The highest BCUT2D eigenvalue weighted by Crippen LogP contribution is 2.10. The summed E-state index contributed by atoms with van der Waals surface area (Å²) in [7, 11) is 1.60. The lowest BCUT2D eigenvalue weighted by atomic mass is 10.2. The summed E-state index contributed by atoms with van der Waals surface area (Å²) in [5.41, 5.74) is 0.517. The largest absolute Gasteiger partial charge is 0.383 e. The normalized spacial score (nSPS) is 10.0. The Morgan fingerprint density at radius 1 is 1.71 bits per heavy atom. The average Bonchev–Trinajstić information content (AvgIpc) is 2.33. The lowest BCUT2D eigenvalue weighted by molar-refractivity contribution is 0.0718. The van der Waals surface area contributed by atoms with E-state index in [1.807, 2.05) is 0 Å². The van der Waals surface area contributed by atoms with Crippen molar-refractivity contribution in [1.82, 2.24) is 9.88 Å². The average molecular weight is 255 g/mol. The Labute approximate surface area is 106 Å². The molecule has 0 radical (unpaired) electrons. The summed E-state index contributed by atoms with van der Waals surface area (Å²) in [6.45, 7) is 5.10. The van der Waals surface area contributed by atoms with Gasteiger partial charge in [-0.15, -0.1) is 6.58 Å². The Morgan fingerprint density at radius 2 is 2.47 bits per heavy atom. The highest BCUT2D eigenvalue weighted by molar-refractivity contribution is 6.29. The molecule has 1 aromatic rings. The minimum absolute atomic E-state index is 0.105. The number of halogens is 1. The number of aromatic nitrogens is 1. The SMILES string of the molecule is C=CCN(CCOC)C(=O)c1ccnc(Cl)c1. The number of hydrogen-bond acceptors (Lipinski definition) is 3. The molecule has 0 unspecified atom stereocenters. The molecule has 0 spiro atoms. The van der Waals surface area contributed by atoms with Crippen molar-refractivity contribution >= 4 is 17.5 Å². The monoisotopic (exact) mass is 254 g/mol. The highest BCUT2D eigenvalue weighted by atomic mass is 35.5. The third-order valence-electron chi connectivity index (χ3n) is 2.18. The summed E-state index contributed by atoms with van der Waals surface area (Å²) in [5.74, 6) is -0.105. The van der Waals surface area contributed by atoms with Crippen molar-refractivity contribution in [3.8, 4) is 0 Å². The number of ether oxygens (including phenoxy) is 1. The molecule has 0 atom stereocenters. The lowest BCUT2D eigenvalue weighted by Gasteiger charge is -2.20. The van der Waals surface area contributed by atoms with E-state index in [0.29, 0.717) is 30.4 Å². The summed E-state index contributed by atoms with van der Waals surface area (Å²) in [4.78, 5) is 17.6. The van der Waals surface area contributed by atoms with Crippen LogP contribution in [0.2, 0.25) is 5.15 Å². The molecule has 0 aromatic carbocycles. The summed E-state index contributed by atoms with van der Waals surface area (Å²) in [6, 6.07) is 3.18. The molecule has 5 heteroatoms. The Hall–Kier alpha value is -1.39. The summed E-state index contributed by atoms with van der Waals surface area (Å²) in [5, 5.41) is 0.307. The topological polar surface area (TPSA) is 42.4 Å². The minimum atomic E-state index is -0.105. The van der Waals surface area contributed by atoms with E-state index in [0.717, 1.165) is 0 Å².